The molecule has 2 atom stereocenters. The van der Waals surface area contributed by atoms with Crippen LogP contribution in [0.5, 0.6) is 0 Å². The molecule has 0 saturated heterocycles. The van der Waals surface area contributed by atoms with E-state index in [1.54, 1.807) is 6.07 Å². The number of rotatable bonds is 4. The van der Waals surface area contributed by atoms with Gasteiger partial charge in [-0.1, -0.05) is 20.4 Å². The molecule has 146 valence electrons. The van der Waals surface area contributed by atoms with Gasteiger partial charge in [-0.3, -0.25) is 0 Å². The Morgan fingerprint density at radius 2 is 1.93 bits per heavy atom. The highest BCUT2D eigenvalue weighted by Crippen LogP contribution is 2.51. The van der Waals surface area contributed by atoms with Crippen molar-refractivity contribution >= 4 is 5.69 Å². The SMILES string of the molecule is C=CC1(CC)[n+]2ccc(N(C)C)cc2-c2c(cc(F)c(C#N)c2F)C1(C)CC. The third-order valence-corrected chi connectivity index (χ3v) is 6.60. The normalized spacial score (nSPS) is 22.8. The first kappa shape index (κ1) is 20.0. The van der Waals surface area contributed by atoms with Gasteiger partial charge in [-0.05, 0) is 31.1 Å². The molecule has 2 aromatic rings. The van der Waals surface area contributed by atoms with Gasteiger partial charge in [-0.25, -0.2) is 8.78 Å². The molecule has 1 aromatic heterocycles. The summed E-state index contributed by atoms with van der Waals surface area (Å²) in [4.78, 5) is 1.93. The predicted octanol–water partition coefficient (Wildman–Crippen LogP) is 4.83. The minimum Gasteiger partial charge on any atom is -0.377 e. The molecule has 0 saturated carbocycles. The van der Waals surface area contributed by atoms with Crippen molar-refractivity contribution in [3.05, 3.63) is 59.8 Å². The van der Waals surface area contributed by atoms with Crippen LogP contribution < -0.4 is 9.47 Å². The van der Waals surface area contributed by atoms with E-state index in [0.29, 0.717) is 29.7 Å². The Balaban J connectivity index is 2.57. The summed E-state index contributed by atoms with van der Waals surface area (Å²) in [6.45, 7) is 10.2. The smallest absolute Gasteiger partial charge is 0.218 e. The van der Waals surface area contributed by atoms with Crippen molar-refractivity contribution in [2.24, 2.45) is 0 Å². The van der Waals surface area contributed by atoms with Crippen LogP contribution in [0.15, 0.2) is 37.1 Å². The van der Waals surface area contributed by atoms with E-state index < -0.39 is 28.2 Å². The number of allylic oxidation sites excluding steroid dienone is 1. The molecule has 0 bridgehead atoms. The first-order valence-corrected chi connectivity index (χ1v) is 9.52. The molecule has 2 heterocycles. The Morgan fingerprint density at radius 1 is 1.25 bits per heavy atom. The molecule has 0 radical (unpaired) electrons. The number of pyridine rings is 1. The first-order valence-electron chi connectivity index (χ1n) is 9.52. The van der Waals surface area contributed by atoms with Gasteiger partial charge in [-0.2, -0.15) is 9.83 Å². The maximum absolute atomic E-state index is 15.5. The lowest BCUT2D eigenvalue weighted by Crippen LogP contribution is -2.68. The Morgan fingerprint density at radius 3 is 2.43 bits per heavy atom. The van der Waals surface area contributed by atoms with Gasteiger partial charge in [0.15, 0.2) is 17.6 Å². The summed E-state index contributed by atoms with van der Waals surface area (Å²) in [5, 5.41) is 9.31. The summed E-state index contributed by atoms with van der Waals surface area (Å²) in [6, 6.07) is 6.90. The lowest BCUT2D eigenvalue weighted by molar-refractivity contribution is -0.756. The summed E-state index contributed by atoms with van der Waals surface area (Å²) in [7, 11) is 3.82. The minimum absolute atomic E-state index is 0.303. The highest BCUT2D eigenvalue weighted by atomic mass is 19.1. The number of nitriles is 1. The molecule has 0 fully saturated rings. The topological polar surface area (TPSA) is 30.9 Å². The fourth-order valence-corrected chi connectivity index (χ4v) is 4.74. The van der Waals surface area contributed by atoms with Crippen molar-refractivity contribution in [2.75, 3.05) is 19.0 Å². The van der Waals surface area contributed by atoms with Crippen molar-refractivity contribution in [1.29, 1.82) is 5.26 Å². The third-order valence-electron chi connectivity index (χ3n) is 6.60. The zero-order chi connectivity index (χ0) is 20.9. The molecule has 1 aliphatic rings. The van der Waals surface area contributed by atoms with Crippen LogP contribution in [0.1, 0.15) is 44.7 Å². The van der Waals surface area contributed by atoms with E-state index in [9.17, 15) is 9.65 Å². The molecule has 28 heavy (non-hydrogen) atoms. The number of benzene rings is 1. The van der Waals surface area contributed by atoms with Gasteiger partial charge in [0.2, 0.25) is 5.69 Å². The van der Waals surface area contributed by atoms with Crippen molar-refractivity contribution in [2.45, 2.75) is 44.6 Å². The summed E-state index contributed by atoms with van der Waals surface area (Å²) < 4.78 is 32.2. The molecule has 1 aliphatic heterocycles. The summed E-state index contributed by atoms with van der Waals surface area (Å²) >= 11 is 0. The van der Waals surface area contributed by atoms with E-state index in [-0.39, 0.29) is 0 Å². The van der Waals surface area contributed by atoms with Gasteiger partial charge in [-0.15, -0.1) is 0 Å². The maximum Gasteiger partial charge on any atom is 0.218 e. The first-order chi connectivity index (χ1) is 13.2. The Kier molecular flexibility index (Phi) is 4.79. The van der Waals surface area contributed by atoms with Crippen LogP contribution in [-0.2, 0) is 11.0 Å². The lowest BCUT2D eigenvalue weighted by Gasteiger charge is -2.46. The predicted molar refractivity (Wildman–Crippen MR) is 107 cm³/mol. The van der Waals surface area contributed by atoms with Crippen LogP contribution in [0.25, 0.3) is 11.3 Å². The Labute approximate surface area is 165 Å². The second-order valence-corrected chi connectivity index (χ2v) is 7.78. The van der Waals surface area contributed by atoms with E-state index in [0.717, 1.165) is 5.69 Å². The fraction of sp³-hybridized carbons (Fsp3) is 0.391. The number of anilines is 1. The molecule has 0 amide bonds. The molecule has 0 aliphatic carbocycles. The summed E-state index contributed by atoms with van der Waals surface area (Å²) in [5.41, 5.74) is 0.727. The Bertz CT molecular complexity index is 1010. The van der Waals surface area contributed by atoms with Crippen LogP contribution in [-0.4, -0.2) is 14.1 Å². The van der Waals surface area contributed by atoms with Crippen molar-refractivity contribution in [3.8, 4) is 17.3 Å². The van der Waals surface area contributed by atoms with Gasteiger partial charge >= 0.3 is 0 Å². The van der Waals surface area contributed by atoms with Crippen LogP contribution >= 0.6 is 0 Å². The van der Waals surface area contributed by atoms with Crippen LogP contribution in [0.2, 0.25) is 0 Å². The number of halogens is 2. The monoisotopic (exact) mass is 382 g/mol. The summed E-state index contributed by atoms with van der Waals surface area (Å²) in [5.74, 6) is -1.61. The van der Waals surface area contributed by atoms with Gasteiger partial charge in [0.25, 0.3) is 0 Å². The third kappa shape index (κ3) is 2.33. The molecule has 2 unspecified atom stereocenters. The number of hydrogen-bond donors (Lipinski definition) is 0. The lowest BCUT2D eigenvalue weighted by atomic mass is 9.59. The van der Waals surface area contributed by atoms with Gasteiger partial charge in [0, 0.05) is 38.3 Å². The van der Waals surface area contributed by atoms with E-state index in [1.807, 2.05) is 61.8 Å². The van der Waals surface area contributed by atoms with E-state index in [1.165, 1.54) is 6.07 Å². The Hall–Kier alpha value is -2.74. The van der Waals surface area contributed by atoms with E-state index in [2.05, 4.69) is 13.5 Å². The highest BCUT2D eigenvalue weighted by Gasteiger charge is 2.58. The molecular formula is C23H26F2N3+. The van der Waals surface area contributed by atoms with Crippen LogP contribution in [0.4, 0.5) is 14.5 Å². The second-order valence-electron chi connectivity index (χ2n) is 7.78. The molecule has 0 N–H and O–H groups in total. The molecule has 0 spiro atoms. The molecular weight excluding hydrogens is 356 g/mol. The van der Waals surface area contributed by atoms with Gasteiger partial charge in [0.1, 0.15) is 17.4 Å². The van der Waals surface area contributed by atoms with Gasteiger partial charge in [0.05, 0.1) is 11.0 Å². The average molecular weight is 382 g/mol. The number of aromatic nitrogens is 1. The minimum atomic E-state index is -0.815. The zero-order valence-corrected chi connectivity index (χ0v) is 17.1. The van der Waals surface area contributed by atoms with Gasteiger partial charge < -0.3 is 4.90 Å². The number of nitrogens with zero attached hydrogens (tertiary/aromatic N) is 3. The quantitative estimate of drug-likeness (QED) is 0.560. The number of hydrogen-bond acceptors (Lipinski definition) is 2. The largest absolute Gasteiger partial charge is 0.377 e. The van der Waals surface area contributed by atoms with E-state index >= 15 is 4.39 Å². The molecule has 3 nitrogen and oxygen atoms in total. The zero-order valence-electron chi connectivity index (χ0n) is 17.1. The second kappa shape index (κ2) is 6.70. The van der Waals surface area contributed by atoms with Crippen molar-refractivity contribution in [1.82, 2.24) is 0 Å². The van der Waals surface area contributed by atoms with Crippen molar-refractivity contribution in [3.63, 3.8) is 0 Å². The van der Waals surface area contributed by atoms with Crippen LogP contribution in [0.3, 0.4) is 0 Å². The fourth-order valence-electron chi connectivity index (χ4n) is 4.74. The standard InChI is InChI=1S/C23H26F2N3/c1-7-22(4)17-13-18(24)16(14-26)21(25)20(17)19-12-15(27(5)6)10-11-28(19)23(22,8-2)9-3/h8,10-13H,2,7,9H2,1,3-6H3/q+1. The molecule has 5 heteroatoms. The summed E-state index contributed by atoms with van der Waals surface area (Å²) in [6.07, 6.45) is 5.21. The maximum atomic E-state index is 15.5. The van der Waals surface area contributed by atoms with Crippen LogP contribution in [0, 0.1) is 23.0 Å². The van der Waals surface area contributed by atoms with E-state index in [4.69, 9.17) is 0 Å². The van der Waals surface area contributed by atoms with Crippen molar-refractivity contribution < 1.29 is 13.3 Å². The molecule has 1 aromatic carbocycles. The average Bonchev–Trinajstić information content (AvgIpc) is 2.68. The highest BCUT2D eigenvalue weighted by molar-refractivity contribution is 5.71. The number of fused-ring (bicyclic) bond motifs is 3. The molecule has 3 rings (SSSR count).